The zero-order valence-corrected chi connectivity index (χ0v) is 13.3. The summed E-state index contributed by atoms with van der Waals surface area (Å²) in [6, 6.07) is 1.40. The van der Waals surface area contributed by atoms with Gasteiger partial charge in [0.15, 0.2) is 0 Å². The van der Waals surface area contributed by atoms with E-state index in [1.807, 2.05) is 0 Å². The molecule has 0 saturated heterocycles. The summed E-state index contributed by atoms with van der Waals surface area (Å²) in [5, 5.41) is 31.2. The second kappa shape index (κ2) is 5.13. The molecule has 0 spiro atoms. The van der Waals surface area contributed by atoms with Gasteiger partial charge in [-0.2, -0.15) is 4.73 Å². The third-order valence-electron chi connectivity index (χ3n) is 4.72. The van der Waals surface area contributed by atoms with Crippen LogP contribution >= 0.6 is 0 Å². The lowest BCUT2D eigenvalue weighted by molar-refractivity contribution is -0.385. The van der Waals surface area contributed by atoms with Crippen molar-refractivity contribution in [3.05, 3.63) is 38.8 Å². The van der Waals surface area contributed by atoms with Gasteiger partial charge in [0.05, 0.1) is 16.1 Å². The number of hydrogen-bond donors (Lipinski definition) is 2. The molecule has 128 valence electrons. The number of aryl methyl sites for hydroxylation is 2. The summed E-state index contributed by atoms with van der Waals surface area (Å²) in [4.78, 5) is 30.9. The molecule has 2 aromatic heterocycles. The van der Waals surface area contributed by atoms with Gasteiger partial charge in [-0.3, -0.25) is 15.1 Å². The van der Waals surface area contributed by atoms with Gasteiger partial charge in [0, 0.05) is 17.0 Å². The van der Waals surface area contributed by atoms with Crippen molar-refractivity contribution in [3.8, 4) is 0 Å². The van der Waals surface area contributed by atoms with Gasteiger partial charge in [0.25, 0.3) is 11.5 Å². The number of carbonyl (C=O) groups is 1. The van der Waals surface area contributed by atoms with Crippen LogP contribution in [0.1, 0.15) is 40.3 Å². The number of carboxylic acid groups (broad SMARTS) is 1. The number of imidazole rings is 1. The molecule has 1 aliphatic rings. The molecule has 2 N–H and O–H groups in total. The van der Waals surface area contributed by atoms with Gasteiger partial charge in [-0.1, -0.05) is 0 Å². The maximum atomic E-state index is 11.5. The minimum Gasteiger partial charge on any atom is -0.475 e. The Labute approximate surface area is 140 Å². The van der Waals surface area contributed by atoms with Crippen LogP contribution in [-0.4, -0.2) is 35.9 Å². The van der Waals surface area contributed by atoms with Crippen LogP contribution in [0.3, 0.4) is 0 Å². The lowest BCUT2D eigenvalue weighted by atomic mass is 9.88. The van der Waals surface area contributed by atoms with Crippen molar-refractivity contribution in [2.75, 3.05) is 0 Å². The molecule has 0 fully saturated rings. The normalized spacial score (nSPS) is 14.0. The Balaban J connectivity index is 2.21. The van der Waals surface area contributed by atoms with Crippen molar-refractivity contribution in [3.63, 3.8) is 0 Å². The van der Waals surface area contributed by atoms with Crippen LogP contribution in [0.5, 0.6) is 0 Å². The number of aromatic nitrogens is 3. The van der Waals surface area contributed by atoms with Crippen LogP contribution in [0.4, 0.5) is 5.69 Å². The molecular formula is C16H14N4O5. The molecule has 1 aromatic carbocycles. The fourth-order valence-corrected chi connectivity index (χ4v) is 3.66. The van der Waals surface area contributed by atoms with Crippen molar-refractivity contribution in [2.45, 2.75) is 32.6 Å². The Bertz CT molecular complexity index is 1090. The molecule has 1 aliphatic carbocycles. The topological polar surface area (TPSA) is 131 Å². The highest BCUT2D eigenvalue weighted by Crippen LogP contribution is 2.38. The lowest BCUT2D eigenvalue weighted by Crippen LogP contribution is -2.09. The van der Waals surface area contributed by atoms with Crippen molar-refractivity contribution in [1.29, 1.82) is 0 Å². The number of hydrogen-bond acceptors (Lipinski definition) is 6. The van der Waals surface area contributed by atoms with E-state index in [0.29, 0.717) is 39.7 Å². The number of nitrogens with zero attached hydrogens (tertiary/aromatic N) is 4. The molecule has 0 bridgehead atoms. The minimum absolute atomic E-state index is 0.00137. The number of carboxylic acids is 1. The number of benzene rings is 1. The number of rotatable bonds is 2. The second-order valence-corrected chi connectivity index (χ2v) is 6.16. The first kappa shape index (κ1) is 15.3. The third kappa shape index (κ3) is 2.05. The van der Waals surface area contributed by atoms with Gasteiger partial charge in [-0.15, -0.1) is 0 Å². The van der Waals surface area contributed by atoms with Crippen LogP contribution in [0.2, 0.25) is 0 Å². The highest BCUT2D eigenvalue weighted by molar-refractivity contribution is 6.07. The zero-order chi connectivity index (χ0) is 17.9. The van der Waals surface area contributed by atoms with Gasteiger partial charge >= 0.3 is 5.97 Å². The van der Waals surface area contributed by atoms with E-state index in [-0.39, 0.29) is 16.7 Å². The summed E-state index contributed by atoms with van der Waals surface area (Å²) >= 11 is 0. The lowest BCUT2D eigenvalue weighted by Gasteiger charge is -2.18. The first-order valence-electron chi connectivity index (χ1n) is 7.84. The summed E-state index contributed by atoms with van der Waals surface area (Å²) in [5.74, 6) is -1.94. The van der Waals surface area contributed by atoms with Gasteiger partial charge in [0.2, 0.25) is 0 Å². The highest BCUT2D eigenvalue weighted by atomic mass is 16.6. The van der Waals surface area contributed by atoms with Crippen molar-refractivity contribution in [1.82, 2.24) is 14.7 Å². The largest absolute Gasteiger partial charge is 0.475 e. The van der Waals surface area contributed by atoms with Gasteiger partial charge in [-0.05, 0) is 38.2 Å². The maximum absolute atomic E-state index is 11.5. The van der Waals surface area contributed by atoms with Gasteiger partial charge in [0.1, 0.15) is 11.0 Å². The molecule has 0 amide bonds. The molecule has 0 saturated carbocycles. The SMILES string of the molecule is Cc1nc2c3c(c([N+](=O)[O-])cc2c2nc(C(=O)O)n(O)c12)CCCC3. The number of nitro groups is 1. The van der Waals surface area contributed by atoms with Crippen molar-refractivity contribution < 1.29 is 20.0 Å². The summed E-state index contributed by atoms with van der Waals surface area (Å²) < 4.78 is 0.477. The van der Waals surface area contributed by atoms with Gasteiger partial charge < -0.3 is 10.3 Å². The Morgan fingerprint density at radius 3 is 2.56 bits per heavy atom. The Morgan fingerprint density at radius 2 is 1.92 bits per heavy atom. The first-order chi connectivity index (χ1) is 11.9. The monoisotopic (exact) mass is 342 g/mol. The van der Waals surface area contributed by atoms with E-state index < -0.39 is 16.7 Å². The van der Waals surface area contributed by atoms with Gasteiger partial charge in [-0.25, -0.2) is 9.78 Å². The Kier molecular flexibility index (Phi) is 3.14. The molecule has 0 radical (unpaired) electrons. The average Bonchev–Trinajstić information content (AvgIpc) is 2.93. The smallest absolute Gasteiger partial charge is 0.375 e. The summed E-state index contributed by atoms with van der Waals surface area (Å²) in [6.07, 6.45) is 3.10. The molecule has 9 nitrogen and oxygen atoms in total. The van der Waals surface area contributed by atoms with Crippen LogP contribution in [0.15, 0.2) is 6.07 Å². The quantitative estimate of drug-likeness (QED) is 0.415. The van der Waals surface area contributed by atoms with Crippen LogP contribution < -0.4 is 0 Å². The first-order valence-corrected chi connectivity index (χ1v) is 7.84. The molecule has 4 rings (SSSR count). The van der Waals surface area contributed by atoms with E-state index in [0.717, 1.165) is 18.4 Å². The van der Waals surface area contributed by atoms with E-state index in [4.69, 9.17) is 0 Å². The predicted molar refractivity (Wildman–Crippen MR) is 87.2 cm³/mol. The summed E-state index contributed by atoms with van der Waals surface area (Å²) in [7, 11) is 0. The molecule has 0 atom stereocenters. The Morgan fingerprint density at radius 1 is 1.24 bits per heavy atom. The van der Waals surface area contributed by atoms with Crippen LogP contribution in [0, 0.1) is 17.0 Å². The molecule has 25 heavy (non-hydrogen) atoms. The summed E-state index contributed by atoms with van der Waals surface area (Å²) in [5.41, 5.74) is 2.89. The molecule has 0 unspecified atom stereocenters. The highest BCUT2D eigenvalue weighted by Gasteiger charge is 2.28. The second-order valence-electron chi connectivity index (χ2n) is 6.16. The maximum Gasteiger partial charge on any atom is 0.375 e. The molecule has 9 heteroatoms. The van der Waals surface area contributed by atoms with Crippen molar-refractivity contribution >= 4 is 33.6 Å². The average molecular weight is 342 g/mol. The van der Waals surface area contributed by atoms with E-state index in [2.05, 4.69) is 9.97 Å². The van der Waals surface area contributed by atoms with E-state index in [9.17, 15) is 25.2 Å². The fraction of sp³-hybridized carbons (Fsp3) is 0.312. The molecule has 0 aliphatic heterocycles. The van der Waals surface area contributed by atoms with Crippen LogP contribution in [-0.2, 0) is 12.8 Å². The number of fused-ring (bicyclic) bond motifs is 5. The summed E-state index contributed by atoms with van der Waals surface area (Å²) in [6.45, 7) is 1.65. The van der Waals surface area contributed by atoms with Crippen LogP contribution in [0.25, 0.3) is 21.9 Å². The number of pyridine rings is 1. The predicted octanol–water partition coefficient (Wildman–Crippen LogP) is 2.62. The van der Waals surface area contributed by atoms with E-state index in [1.165, 1.54) is 6.07 Å². The number of aromatic carboxylic acids is 1. The minimum atomic E-state index is -1.39. The number of nitro benzene ring substituents is 1. The molecule has 3 aromatic rings. The van der Waals surface area contributed by atoms with E-state index in [1.54, 1.807) is 6.92 Å². The third-order valence-corrected chi connectivity index (χ3v) is 4.72. The molecule has 2 heterocycles. The molecular weight excluding hydrogens is 328 g/mol. The van der Waals surface area contributed by atoms with E-state index >= 15 is 0 Å². The zero-order valence-electron chi connectivity index (χ0n) is 13.3. The standard InChI is InChI=1S/C16H14N4O5/c1-7-14-13(18-15(16(21)22)19(14)23)10-6-11(20(24)25)8-4-2-3-5-9(8)12(10)17-7/h6,23H,2-5H2,1H3,(H,21,22). The Hall–Kier alpha value is -3.23. The fourth-order valence-electron chi connectivity index (χ4n) is 3.66. The van der Waals surface area contributed by atoms with Crippen molar-refractivity contribution in [2.24, 2.45) is 0 Å².